The predicted molar refractivity (Wildman–Crippen MR) is 80.1 cm³/mol. The number of nitrogens with one attached hydrogen (secondary N) is 1. The maximum absolute atomic E-state index is 11.5. The fourth-order valence-corrected chi connectivity index (χ4v) is 1.91. The number of benzene rings is 2. The summed E-state index contributed by atoms with van der Waals surface area (Å²) < 4.78 is 4.68. The Morgan fingerprint density at radius 3 is 2.52 bits per heavy atom. The number of anilines is 1. The van der Waals surface area contributed by atoms with Crippen molar-refractivity contribution in [1.82, 2.24) is 0 Å². The minimum Gasteiger partial charge on any atom is -0.465 e. The van der Waals surface area contributed by atoms with Crippen molar-refractivity contribution >= 4 is 17.6 Å². The first kappa shape index (κ1) is 14.6. The molecular weight excluding hydrogens is 268 g/mol. The van der Waals surface area contributed by atoms with Crippen LogP contribution in [0, 0.1) is 0 Å². The summed E-state index contributed by atoms with van der Waals surface area (Å²) >= 11 is 0. The molecule has 0 fully saturated rings. The number of amides is 1. The van der Waals surface area contributed by atoms with Crippen molar-refractivity contribution in [2.24, 2.45) is 5.73 Å². The Kier molecular flexibility index (Phi) is 4.56. The molecule has 5 heteroatoms. The van der Waals surface area contributed by atoms with Crippen LogP contribution in [0.4, 0.5) is 5.69 Å². The molecule has 2 aromatic carbocycles. The SMILES string of the molecule is COC(=O)c1cccc(NCc2cccc(C(N)=O)c2)c1. The largest absolute Gasteiger partial charge is 0.465 e. The van der Waals surface area contributed by atoms with Gasteiger partial charge >= 0.3 is 5.97 Å². The molecule has 0 aliphatic carbocycles. The molecule has 0 unspecified atom stereocenters. The standard InChI is InChI=1S/C16H16N2O3/c1-21-16(20)13-6-3-7-14(9-13)18-10-11-4-2-5-12(8-11)15(17)19/h2-9,18H,10H2,1H3,(H2,17,19). The third kappa shape index (κ3) is 3.82. The summed E-state index contributed by atoms with van der Waals surface area (Å²) in [4.78, 5) is 22.6. The van der Waals surface area contributed by atoms with Crippen molar-refractivity contribution in [1.29, 1.82) is 0 Å². The molecule has 0 atom stereocenters. The molecule has 2 rings (SSSR count). The van der Waals surface area contributed by atoms with Crippen LogP contribution in [0.5, 0.6) is 0 Å². The number of esters is 1. The quantitative estimate of drug-likeness (QED) is 0.825. The van der Waals surface area contributed by atoms with Crippen molar-refractivity contribution in [3.05, 3.63) is 65.2 Å². The van der Waals surface area contributed by atoms with Gasteiger partial charge in [-0.25, -0.2) is 4.79 Å². The van der Waals surface area contributed by atoms with Crippen molar-refractivity contribution in [2.45, 2.75) is 6.54 Å². The van der Waals surface area contributed by atoms with Crippen molar-refractivity contribution in [3.8, 4) is 0 Å². The first-order valence-corrected chi connectivity index (χ1v) is 6.41. The van der Waals surface area contributed by atoms with Crippen molar-refractivity contribution in [2.75, 3.05) is 12.4 Å². The van der Waals surface area contributed by atoms with Gasteiger partial charge in [-0.05, 0) is 35.9 Å². The molecule has 0 heterocycles. The van der Waals surface area contributed by atoms with Crippen LogP contribution >= 0.6 is 0 Å². The van der Waals surface area contributed by atoms with Gasteiger partial charge in [0.2, 0.25) is 5.91 Å². The summed E-state index contributed by atoms with van der Waals surface area (Å²) in [6, 6.07) is 14.1. The number of rotatable bonds is 5. The second-order valence-corrected chi connectivity index (χ2v) is 4.49. The second-order valence-electron chi connectivity index (χ2n) is 4.49. The van der Waals surface area contributed by atoms with Crippen molar-refractivity contribution < 1.29 is 14.3 Å². The van der Waals surface area contributed by atoms with Crippen LogP contribution in [-0.4, -0.2) is 19.0 Å². The lowest BCUT2D eigenvalue weighted by Gasteiger charge is -2.08. The monoisotopic (exact) mass is 284 g/mol. The van der Waals surface area contributed by atoms with Crippen LogP contribution in [0.15, 0.2) is 48.5 Å². The Hall–Kier alpha value is -2.82. The molecule has 0 aliphatic rings. The fraction of sp³-hybridized carbons (Fsp3) is 0.125. The van der Waals surface area contributed by atoms with Gasteiger partial charge < -0.3 is 15.8 Å². The zero-order valence-corrected chi connectivity index (χ0v) is 11.6. The predicted octanol–water partition coefficient (Wildman–Crippen LogP) is 2.18. The molecule has 2 aromatic rings. The maximum atomic E-state index is 11.5. The summed E-state index contributed by atoms with van der Waals surface area (Å²) in [5.41, 5.74) is 7.92. The Balaban J connectivity index is 2.08. The summed E-state index contributed by atoms with van der Waals surface area (Å²) in [6.45, 7) is 0.520. The van der Waals surface area contributed by atoms with Gasteiger partial charge in [-0.3, -0.25) is 4.79 Å². The van der Waals surface area contributed by atoms with E-state index in [0.29, 0.717) is 17.7 Å². The number of carbonyl (C=O) groups is 2. The molecule has 0 spiro atoms. The lowest BCUT2D eigenvalue weighted by Crippen LogP contribution is -2.11. The molecule has 108 valence electrons. The highest BCUT2D eigenvalue weighted by atomic mass is 16.5. The Labute approximate surface area is 122 Å². The average molecular weight is 284 g/mol. The fourth-order valence-electron chi connectivity index (χ4n) is 1.91. The van der Waals surface area contributed by atoms with Crippen LogP contribution in [0.3, 0.4) is 0 Å². The number of nitrogens with two attached hydrogens (primary N) is 1. The highest BCUT2D eigenvalue weighted by Crippen LogP contribution is 2.13. The maximum Gasteiger partial charge on any atom is 0.337 e. The lowest BCUT2D eigenvalue weighted by atomic mass is 10.1. The van der Waals surface area contributed by atoms with E-state index < -0.39 is 5.91 Å². The van der Waals surface area contributed by atoms with E-state index in [-0.39, 0.29) is 5.97 Å². The highest BCUT2D eigenvalue weighted by Gasteiger charge is 2.06. The minimum absolute atomic E-state index is 0.380. The van der Waals surface area contributed by atoms with Crippen LogP contribution in [0.2, 0.25) is 0 Å². The zero-order valence-electron chi connectivity index (χ0n) is 11.6. The molecule has 0 radical (unpaired) electrons. The summed E-state index contributed by atoms with van der Waals surface area (Å²) in [6.07, 6.45) is 0. The Morgan fingerprint density at radius 2 is 1.81 bits per heavy atom. The Bertz CT molecular complexity index is 668. The molecule has 0 aromatic heterocycles. The third-order valence-electron chi connectivity index (χ3n) is 2.99. The first-order valence-electron chi connectivity index (χ1n) is 6.41. The van der Waals surface area contributed by atoms with E-state index in [1.807, 2.05) is 12.1 Å². The van der Waals surface area contributed by atoms with Gasteiger partial charge in [0.15, 0.2) is 0 Å². The number of carbonyl (C=O) groups excluding carboxylic acids is 2. The van der Waals surface area contributed by atoms with E-state index in [1.54, 1.807) is 36.4 Å². The molecule has 0 saturated heterocycles. The van der Waals surface area contributed by atoms with E-state index in [2.05, 4.69) is 10.1 Å². The topological polar surface area (TPSA) is 81.4 Å². The zero-order chi connectivity index (χ0) is 15.2. The van der Waals surface area contributed by atoms with Crippen molar-refractivity contribution in [3.63, 3.8) is 0 Å². The summed E-state index contributed by atoms with van der Waals surface area (Å²) in [5.74, 6) is -0.834. The third-order valence-corrected chi connectivity index (χ3v) is 2.99. The van der Waals surface area contributed by atoms with E-state index >= 15 is 0 Å². The average Bonchev–Trinajstić information content (AvgIpc) is 2.52. The van der Waals surface area contributed by atoms with E-state index in [0.717, 1.165) is 11.3 Å². The van der Waals surface area contributed by atoms with Gasteiger partial charge in [-0.15, -0.1) is 0 Å². The first-order chi connectivity index (χ1) is 10.1. The van der Waals surface area contributed by atoms with Crippen LogP contribution in [0.1, 0.15) is 26.3 Å². The molecule has 0 saturated carbocycles. The van der Waals surface area contributed by atoms with Crippen LogP contribution < -0.4 is 11.1 Å². The highest BCUT2D eigenvalue weighted by molar-refractivity contribution is 5.93. The molecular formula is C16H16N2O3. The van der Waals surface area contributed by atoms with Crippen LogP contribution in [0.25, 0.3) is 0 Å². The van der Waals surface area contributed by atoms with E-state index in [4.69, 9.17) is 5.73 Å². The lowest BCUT2D eigenvalue weighted by molar-refractivity contribution is 0.0600. The minimum atomic E-state index is -0.454. The van der Waals surface area contributed by atoms with Gasteiger partial charge in [0.05, 0.1) is 12.7 Å². The summed E-state index contributed by atoms with van der Waals surface area (Å²) in [7, 11) is 1.35. The number of primary amides is 1. The Morgan fingerprint density at radius 1 is 1.10 bits per heavy atom. The number of methoxy groups -OCH3 is 1. The molecule has 5 nitrogen and oxygen atoms in total. The van der Waals surface area contributed by atoms with Gasteiger partial charge in [-0.2, -0.15) is 0 Å². The summed E-state index contributed by atoms with van der Waals surface area (Å²) in [5, 5.41) is 3.19. The van der Waals surface area contributed by atoms with E-state index in [1.165, 1.54) is 7.11 Å². The number of hydrogen-bond donors (Lipinski definition) is 2. The number of hydrogen-bond acceptors (Lipinski definition) is 4. The van der Waals surface area contributed by atoms with Gasteiger partial charge in [0, 0.05) is 17.8 Å². The molecule has 3 N–H and O–H groups in total. The van der Waals surface area contributed by atoms with Gasteiger partial charge in [-0.1, -0.05) is 18.2 Å². The van der Waals surface area contributed by atoms with Crippen LogP contribution in [-0.2, 0) is 11.3 Å². The molecule has 1 amide bonds. The van der Waals surface area contributed by atoms with E-state index in [9.17, 15) is 9.59 Å². The molecule has 21 heavy (non-hydrogen) atoms. The number of ether oxygens (including phenoxy) is 1. The molecule has 0 aliphatic heterocycles. The van der Waals surface area contributed by atoms with Gasteiger partial charge in [0.1, 0.15) is 0 Å². The second kappa shape index (κ2) is 6.56. The smallest absolute Gasteiger partial charge is 0.337 e. The normalized spacial score (nSPS) is 9.95. The molecule has 0 bridgehead atoms. The van der Waals surface area contributed by atoms with Gasteiger partial charge in [0.25, 0.3) is 0 Å².